The Bertz CT molecular complexity index is 595. The highest BCUT2D eigenvalue weighted by atomic mass is 32.2. The Morgan fingerprint density at radius 1 is 1.47 bits per heavy atom. The van der Waals surface area contributed by atoms with Crippen LogP contribution < -0.4 is 10.5 Å². The molecule has 1 heterocycles. The molecule has 0 saturated carbocycles. The number of nitrogens with one attached hydrogen (secondary N) is 1. The van der Waals surface area contributed by atoms with Gasteiger partial charge in [-0.15, -0.1) is 0 Å². The SMILES string of the molecule is Nc1cc(S(=O)(=O)NC2CCOC2)ccc1[N+](=O)[O-]. The largest absolute Gasteiger partial charge is 0.393 e. The highest BCUT2D eigenvalue weighted by Crippen LogP contribution is 2.24. The fourth-order valence-corrected chi connectivity index (χ4v) is 3.07. The zero-order chi connectivity index (χ0) is 14.0. The molecule has 1 aliphatic heterocycles. The minimum atomic E-state index is -3.74. The Kier molecular flexibility index (Phi) is 3.69. The van der Waals surface area contributed by atoms with Crippen molar-refractivity contribution in [1.82, 2.24) is 4.72 Å². The van der Waals surface area contributed by atoms with E-state index in [9.17, 15) is 18.5 Å². The Hall–Kier alpha value is -1.71. The van der Waals surface area contributed by atoms with E-state index in [-0.39, 0.29) is 22.3 Å². The van der Waals surface area contributed by atoms with Gasteiger partial charge in [-0.25, -0.2) is 13.1 Å². The van der Waals surface area contributed by atoms with Gasteiger partial charge in [-0.05, 0) is 18.6 Å². The van der Waals surface area contributed by atoms with Gasteiger partial charge < -0.3 is 10.5 Å². The summed E-state index contributed by atoms with van der Waals surface area (Å²) < 4.78 is 31.6. The maximum Gasteiger partial charge on any atom is 0.292 e. The van der Waals surface area contributed by atoms with Crippen molar-refractivity contribution < 1.29 is 18.1 Å². The van der Waals surface area contributed by atoms with E-state index in [1.165, 1.54) is 0 Å². The molecule has 0 radical (unpaired) electrons. The van der Waals surface area contributed by atoms with Crippen molar-refractivity contribution in [3.8, 4) is 0 Å². The van der Waals surface area contributed by atoms with E-state index in [0.29, 0.717) is 19.6 Å². The first-order chi connectivity index (χ1) is 8.90. The molecule has 1 saturated heterocycles. The molecular weight excluding hydrogens is 274 g/mol. The average molecular weight is 287 g/mol. The van der Waals surface area contributed by atoms with Gasteiger partial charge in [0.2, 0.25) is 10.0 Å². The number of nitro benzene ring substituents is 1. The zero-order valence-corrected chi connectivity index (χ0v) is 10.7. The highest BCUT2D eigenvalue weighted by Gasteiger charge is 2.24. The summed E-state index contributed by atoms with van der Waals surface area (Å²) >= 11 is 0. The van der Waals surface area contributed by atoms with Gasteiger partial charge in [-0.2, -0.15) is 0 Å². The molecule has 1 fully saturated rings. The Balaban J connectivity index is 2.25. The number of sulfonamides is 1. The van der Waals surface area contributed by atoms with Crippen molar-refractivity contribution in [1.29, 1.82) is 0 Å². The van der Waals surface area contributed by atoms with Crippen molar-refractivity contribution in [2.45, 2.75) is 17.4 Å². The molecule has 19 heavy (non-hydrogen) atoms. The second kappa shape index (κ2) is 5.11. The van der Waals surface area contributed by atoms with Crippen molar-refractivity contribution >= 4 is 21.4 Å². The molecule has 2 rings (SSSR count). The summed E-state index contributed by atoms with van der Waals surface area (Å²) in [4.78, 5) is 9.85. The molecule has 0 aliphatic carbocycles. The Labute approximate surface area is 109 Å². The van der Waals surface area contributed by atoms with Crippen LogP contribution >= 0.6 is 0 Å². The summed E-state index contributed by atoms with van der Waals surface area (Å²) in [6.45, 7) is 0.831. The second-order valence-electron chi connectivity index (χ2n) is 4.16. The highest BCUT2D eigenvalue weighted by molar-refractivity contribution is 7.89. The number of nitrogens with zero attached hydrogens (tertiary/aromatic N) is 1. The lowest BCUT2D eigenvalue weighted by Gasteiger charge is -2.11. The lowest BCUT2D eigenvalue weighted by molar-refractivity contribution is -0.383. The van der Waals surface area contributed by atoms with Crippen LogP contribution in [0, 0.1) is 10.1 Å². The third-order valence-electron chi connectivity index (χ3n) is 2.76. The molecule has 3 N–H and O–H groups in total. The predicted molar refractivity (Wildman–Crippen MR) is 67.1 cm³/mol. The number of anilines is 1. The van der Waals surface area contributed by atoms with Crippen molar-refractivity contribution in [2.75, 3.05) is 18.9 Å². The van der Waals surface area contributed by atoms with E-state index in [1.807, 2.05) is 0 Å². The number of ether oxygens (including phenoxy) is 1. The molecular formula is C10H13N3O5S. The molecule has 1 aromatic rings. The van der Waals surface area contributed by atoms with Crippen LogP contribution in [0.15, 0.2) is 23.1 Å². The van der Waals surface area contributed by atoms with Gasteiger partial charge in [0.15, 0.2) is 0 Å². The summed E-state index contributed by atoms with van der Waals surface area (Å²) in [5.74, 6) is 0. The molecule has 8 nitrogen and oxygen atoms in total. The molecule has 0 bridgehead atoms. The number of nitrogen functional groups attached to an aromatic ring is 1. The number of rotatable bonds is 4. The van der Waals surface area contributed by atoms with E-state index in [4.69, 9.17) is 10.5 Å². The lowest BCUT2D eigenvalue weighted by atomic mass is 10.3. The van der Waals surface area contributed by atoms with Gasteiger partial charge in [0.05, 0.1) is 16.4 Å². The fourth-order valence-electron chi connectivity index (χ4n) is 1.78. The number of benzene rings is 1. The van der Waals surface area contributed by atoms with Gasteiger partial charge in [-0.3, -0.25) is 10.1 Å². The maximum atomic E-state index is 12.0. The van der Waals surface area contributed by atoms with Crippen LogP contribution in [-0.2, 0) is 14.8 Å². The maximum absolute atomic E-state index is 12.0. The van der Waals surface area contributed by atoms with Crippen molar-refractivity contribution in [3.05, 3.63) is 28.3 Å². The van der Waals surface area contributed by atoms with Crippen molar-refractivity contribution in [3.63, 3.8) is 0 Å². The molecule has 1 aliphatic rings. The van der Waals surface area contributed by atoms with E-state index >= 15 is 0 Å². The number of nitrogens with two attached hydrogens (primary N) is 1. The van der Waals surface area contributed by atoms with E-state index < -0.39 is 14.9 Å². The van der Waals surface area contributed by atoms with Crippen LogP contribution in [0.3, 0.4) is 0 Å². The van der Waals surface area contributed by atoms with Crippen LogP contribution in [0.25, 0.3) is 0 Å². The minimum absolute atomic E-state index is 0.0949. The molecule has 0 amide bonds. The second-order valence-corrected chi connectivity index (χ2v) is 5.87. The van der Waals surface area contributed by atoms with E-state index in [0.717, 1.165) is 18.2 Å². The van der Waals surface area contributed by atoms with Gasteiger partial charge >= 0.3 is 0 Å². The molecule has 9 heteroatoms. The Morgan fingerprint density at radius 2 is 2.21 bits per heavy atom. The summed E-state index contributed by atoms with van der Waals surface area (Å²) in [6.07, 6.45) is 0.599. The number of hydrogen-bond donors (Lipinski definition) is 2. The van der Waals surface area contributed by atoms with Gasteiger partial charge in [-0.1, -0.05) is 0 Å². The molecule has 1 unspecified atom stereocenters. The number of nitro groups is 1. The average Bonchev–Trinajstić information content (AvgIpc) is 2.80. The van der Waals surface area contributed by atoms with Crippen LogP contribution in [0.2, 0.25) is 0 Å². The first-order valence-electron chi connectivity index (χ1n) is 5.54. The summed E-state index contributed by atoms with van der Waals surface area (Å²) in [5, 5.41) is 10.6. The zero-order valence-electron chi connectivity index (χ0n) is 9.90. The summed E-state index contributed by atoms with van der Waals surface area (Å²) in [5.41, 5.74) is 4.97. The first-order valence-corrected chi connectivity index (χ1v) is 7.02. The Morgan fingerprint density at radius 3 is 2.74 bits per heavy atom. The first kappa shape index (κ1) is 13.7. The predicted octanol–water partition coefficient (Wildman–Crippen LogP) is 0.244. The minimum Gasteiger partial charge on any atom is -0.393 e. The summed E-state index contributed by atoms with van der Waals surface area (Å²) in [6, 6.07) is 3.04. The molecule has 1 aromatic carbocycles. The molecule has 104 valence electrons. The monoisotopic (exact) mass is 287 g/mol. The standard InChI is InChI=1S/C10H13N3O5S/c11-9-5-8(1-2-10(9)13(14)15)19(16,17)12-7-3-4-18-6-7/h1-2,5,7,12H,3-4,6,11H2. The summed E-state index contributed by atoms with van der Waals surface area (Å²) in [7, 11) is -3.74. The van der Waals surface area contributed by atoms with Crippen LogP contribution in [-0.4, -0.2) is 32.6 Å². The van der Waals surface area contributed by atoms with E-state index in [2.05, 4.69) is 4.72 Å². The van der Waals surface area contributed by atoms with Gasteiger partial charge in [0.1, 0.15) is 5.69 Å². The van der Waals surface area contributed by atoms with Crippen LogP contribution in [0.1, 0.15) is 6.42 Å². The molecule has 0 aromatic heterocycles. The van der Waals surface area contributed by atoms with Crippen molar-refractivity contribution in [2.24, 2.45) is 0 Å². The smallest absolute Gasteiger partial charge is 0.292 e. The third-order valence-corrected chi connectivity index (χ3v) is 4.28. The van der Waals surface area contributed by atoms with Crippen LogP contribution in [0.5, 0.6) is 0 Å². The van der Waals surface area contributed by atoms with Crippen LogP contribution in [0.4, 0.5) is 11.4 Å². The van der Waals surface area contributed by atoms with Gasteiger partial charge in [0, 0.05) is 18.7 Å². The molecule has 0 spiro atoms. The topological polar surface area (TPSA) is 125 Å². The number of hydrogen-bond acceptors (Lipinski definition) is 6. The third kappa shape index (κ3) is 3.00. The normalized spacial score (nSPS) is 19.5. The fraction of sp³-hybridized carbons (Fsp3) is 0.400. The van der Waals surface area contributed by atoms with E-state index in [1.54, 1.807) is 0 Å². The lowest BCUT2D eigenvalue weighted by Crippen LogP contribution is -2.35. The quantitative estimate of drug-likeness (QED) is 0.464. The van der Waals surface area contributed by atoms with Gasteiger partial charge in [0.25, 0.3) is 5.69 Å². The molecule has 1 atom stereocenters.